The minimum Gasteiger partial charge on any atom is -0.477 e. The van der Waals surface area contributed by atoms with Crippen molar-refractivity contribution in [2.45, 2.75) is 91.4 Å². The number of nitrogens with one attached hydrogen (secondary N) is 1. The number of isothiocyanates is 1. The molecule has 1 fully saturated rings. The summed E-state index contributed by atoms with van der Waals surface area (Å²) >= 11 is 10.0. The molecule has 1 amide bonds. The number of aromatic nitrogens is 4. The number of esters is 1. The number of nitriles is 1. The first-order valence-corrected chi connectivity index (χ1v) is 30.0. The molecule has 2 aromatic heterocycles. The van der Waals surface area contributed by atoms with Crippen LogP contribution in [0.3, 0.4) is 0 Å². The maximum atomic E-state index is 15.6. The van der Waals surface area contributed by atoms with Crippen LogP contribution in [-0.4, -0.2) is 114 Å². The number of ether oxygens (including phenoxy) is 3. The molecule has 0 atom stereocenters. The molecule has 0 spiro atoms. The molecule has 19 nitrogen and oxygen atoms in total. The standard InChI is InChI=1S/C27H25F4N5O4S2.C19H26FN3O5S.C9H6N2S/c1-5-21-33-22-18(23(34-21)40-9-6-10-42(4,38)39)11-17(13-20(22)28)36-25(41)35(24(37)26(36,2)3)16-8-7-15(14-32)19(12-16)27(29,30)31;1-6-15-21-16-13(17(22-15)28-8-7-9-29(5,25)26)10-12(11-14(16)20)23-19(2,3)18(24)27-4;1-7-5-8(11-6-12)3-4-9(7)10-2/h7-8,11-13H,5-6,9-10H2,1-4H3;10-11,23H,6-9H2,1-5H3;3-5H,1H3. The molecule has 1 aliphatic rings. The summed E-state index contributed by atoms with van der Waals surface area (Å²) in [6.45, 7) is 18.5. The van der Waals surface area contributed by atoms with E-state index in [1.165, 1.54) is 50.1 Å². The summed E-state index contributed by atoms with van der Waals surface area (Å²) in [5.41, 5.74) is -1.86. The number of aryl methyl sites for hydroxylation is 3. The van der Waals surface area contributed by atoms with Crippen LogP contribution in [0.5, 0.6) is 11.8 Å². The van der Waals surface area contributed by atoms with Gasteiger partial charge in [-0.2, -0.15) is 33.4 Å². The number of alkyl halides is 3. The Kier molecular flexibility index (Phi) is 21.5. The van der Waals surface area contributed by atoms with Gasteiger partial charge in [0.25, 0.3) is 5.91 Å². The van der Waals surface area contributed by atoms with Crippen molar-refractivity contribution < 1.29 is 62.6 Å². The number of anilines is 3. The lowest BCUT2D eigenvalue weighted by Gasteiger charge is -2.29. The van der Waals surface area contributed by atoms with Crippen molar-refractivity contribution in [1.29, 1.82) is 5.26 Å². The molecule has 4 aromatic carbocycles. The van der Waals surface area contributed by atoms with Crippen LogP contribution in [-0.2, 0) is 53.0 Å². The van der Waals surface area contributed by atoms with Gasteiger partial charge in [-0.25, -0.2) is 45.2 Å². The quantitative estimate of drug-likeness (QED) is 0.0210. The largest absolute Gasteiger partial charge is 0.477 e. The first-order chi connectivity index (χ1) is 38.7. The fraction of sp³-hybridized carbons (Fsp3) is 0.382. The van der Waals surface area contributed by atoms with E-state index in [-0.39, 0.29) is 88.1 Å². The van der Waals surface area contributed by atoms with Crippen molar-refractivity contribution >= 4 is 117 Å². The van der Waals surface area contributed by atoms with E-state index in [0.29, 0.717) is 41.5 Å². The number of aliphatic imine (C=N–C) groups is 1. The molecule has 1 N–H and O–H groups in total. The van der Waals surface area contributed by atoms with Crippen LogP contribution in [0.1, 0.15) is 82.7 Å². The van der Waals surface area contributed by atoms with Gasteiger partial charge in [-0.15, -0.1) is 0 Å². The number of methoxy groups -OCH3 is 1. The molecule has 1 aliphatic heterocycles. The third-order valence-electron chi connectivity index (χ3n) is 12.2. The number of fused-ring (bicyclic) bond motifs is 2. The van der Waals surface area contributed by atoms with E-state index >= 15 is 4.39 Å². The third-order valence-corrected chi connectivity index (χ3v) is 14.7. The number of halogens is 5. The van der Waals surface area contributed by atoms with Crippen molar-refractivity contribution in [3.8, 4) is 17.8 Å². The van der Waals surface area contributed by atoms with Gasteiger partial charge in [0.05, 0.1) is 82.9 Å². The summed E-state index contributed by atoms with van der Waals surface area (Å²) in [6, 6.07) is 15.0. The monoisotopic (exact) mass is 1220 g/mol. The molecule has 0 aliphatic carbocycles. The van der Waals surface area contributed by atoms with Crippen molar-refractivity contribution in [2.24, 2.45) is 4.99 Å². The average Bonchev–Trinajstić information content (AvgIpc) is 1.90. The van der Waals surface area contributed by atoms with E-state index in [1.807, 2.05) is 19.9 Å². The van der Waals surface area contributed by atoms with Gasteiger partial charge in [-0.1, -0.05) is 19.9 Å². The topological polar surface area (TPSA) is 241 Å². The Bertz CT molecular complexity index is 3870. The molecule has 28 heteroatoms. The van der Waals surface area contributed by atoms with Crippen molar-refractivity contribution in [3.63, 3.8) is 0 Å². The third kappa shape index (κ3) is 16.7. The molecule has 440 valence electrons. The maximum absolute atomic E-state index is 15.6. The highest BCUT2D eigenvalue weighted by atomic mass is 32.2. The van der Waals surface area contributed by atoms with Gasteiger partial charge >= 0.3 is 12.1 Å². The van der Waals surface area contributed by atoms with Crippen LogP contribution < -0.4 is 24.6 Å². The zero-order chi connectivity index (χ0) is 62.0. The number of benzene rings is 4. The Hall–Kier alpha value is -7.88. The Balaban J connectivity index is 0.000000264. The number of carbonyl (C=O) groups is 2. The molecule has 1 saturated heterocycles. The number of nitrogens with zero attached hydrogens (tertiary/aromatic N) is 9. The fourth-order valence-electron chi connectivity index (χ4n) is 8.13. The highest BCUT2D eigenvalue weighted by Crippen LogP contribution is 2.42. The van der Waals surface area contributed by atoms with Crippen molar-refractivity contribution in [1.82, 2.24) is 19.9 Å². The lowest BCUT2D eigenvalue weighted by molar-refractivity contribution is -0.144. The van der Waals surface area contributed by atoms with Crippen LogP contribution in [0.4, 0.5) is 50.4 Å². The summed E-state index contributed by atoms with van der Waals surface area (Å²) in [6.07, 6.45) is -1.35. The minimum atomic E-state index is -4.86. The molecule has 6 aromatic rings. The second kappa shape index (κ2) is 27.0. The fourth-order valence-corrected chi connectivity index (χ4v) is 10.0. The molecule has 0 unspecified atom stereocenters. The molecule has 0 radical (unpaired) electrons. The number of hydrogen-bond donors (Lipinski definition) is 1. The van der Waals surface area contributed by atoms with Gasteiger partial charge in [-0.05, 0) is 132 Å². The van der Waals surface area contributed by atoms with E-state index in [2.05, 4.69) is 52.5 Å². The zero-order valence-electron chi connectivity index (χ0n) is 46.7. The summed E-state index contributed by atoms with van der Waals surface area (Å²) < 4.78 is 133. The number of hydrogen-bond acceptors (Lipinski definition) is 18. The molecular formula is C55H57F5N10O9S4. The summed E-state index contributed by atoms with van der Waals surface area (Å²) in [5, 5.41) is 14.6. The SMILES string of the molecule is CCc1nc(OCCCS(C)(=O)=O)c2cc(N3C(=S)N(c4ccc(C#N)c(C(F)(F)F)c4)C(=O)C3(C)C)cc(F)c2n1.CCc1nc(OCCCS(C)(=O)=O)c2cc(NC(C)(C)C(=O)OC)cc(F)c2n1.[C-]#[N+]c1ccc(N=C=S)cc1C. The van der Waals surface area contributed by atoms with Gasteiger partial charge in [0.2, 0.25) is 11.8 Å². The highest BCUT2D eigenvalue weighted by Gasteiger charge is 2.51. The number of rotatable bonds is 18. The molecular weight excluding hydrogens is 1170 g/mol. The number of carbonyl (C=O) groups excluding carboxylic acids is 2. The maximum Gasteiger partial charge on any atom is 0.417 e. The lowest BCUT2D eigenvalue weighted by atomic mass is 10.0. The lowest BCUT2D eigenvalue weighted by Crippen LogP contribution is -2.44. The Morgan fingerprint density at radius 3 is 1.86 bits per heavy atom. The van der Waals surface area contributed by atoms with Crippen LogP contribution in [0.2, 0.25) is 0 Å². The van der Waals surface area contributed by atoms with Gasteiger partial charge in [0.15, 0.2) is 22.4 Å². The number of amides is 1. The molecule has 3 heterocycles. The molecule has 0 bridgehead atoms. The molecule has 7 rings (SSSR count). The predicted molar refractivity (Wildman–Crippen MR) is 312 cm³/mol. The van der Waals surface area contributed by atoms with Gasteiger partial charge in [0, 0.05) is 36.7 Å². The second-order valence-electron chi connectivity index (χ2n) is 19.6. The summed E-state index contributed by atoms with van der Waals surface area (Å²) in [4.78, 5) is 51.9. The van der Waals surface area contributed by atoms with E-state index < -0.39 is 71.6 Å². The Morgan fingerprint density at radius 2 is 1.39 bits per heavy atom. The van der Waals surface area contributed by atoms with Crippen LogP contribution in [0.15, 0.2) is 65.7 Å². The van der Waals surface area contributed by atoms with Crippen molar-refractivity contribution in [3.05, 3.63) is 112 Å². The minimum absolute atomic E-state index is 0.000818. The first-order valence-electron chi connectivity index (χ1n) is 25.1. The number of thiocarbonyl (C=S) groups is 2. The predicted octanol–water partition coefficient (Wildman–Crippen LogP) is 10.7. The molecule has 83 heavy (non-hydrogen) atoms. The van der Waals surface area contributed by atoms with Gasteiger partial charge < -0.3 is 24.4 Å². The van der Waals surface area contributed by atoms with Crippen molar-refractivity contribution in [2.75, 3.05) is 59.5 Å². The van der Waals surface area contributed by atoms with Crippen LogP contribution >= 0.6 is 24.4 Å². The Labute approximate surface area is 487 Å². The average molecular weight is 1230 g/mol. The van der Waals surface area contributed by atoms with Gasteiger partial charge in [0.1, 0.15) is 53.4 Å². The Morgan fingerprint density at radius 1 is 0.843 bits per heavy atom. The van der Waals surface area contributed by atoms with Crippen LogP contribution in [0, 0.1) is 36.5 Å². The van der Waals surface area contributed by atoms with Crippen LogP contribution in [0.25, 0.3) is 26.7 Å². The summed E-state index contributed by atoms with van der Waals surface area (Å²) in [7, 11) is -5.07. The zero-order valence-corrected chi connectivity index (χ0v) is 49.9. The molecule has 0 saturated carbocycles. The smallest absolute Gasteiger partial charge is 0.417 e. The van der Waals surface area contributed by atoms with E-state index in [1.54, 1.807) is 39.0 Å². The van der Waals surface area contributed by atoms with E-state index in [0.717, 1.165) is 40.8 Å². The first kappa shape index (κ1) is 65.9. The number of sulfone groups is 2. The van der Waals surface area contributed by atoms with E-state index in [9.17, 15) is 44.0 Å². The summed E-state index contributed by atoms with van der Waals surface area (Å²) in [5.74, 6) is -1.86. The second-order valence-corrected chi connectivity index (χ2v) is 24.7. The normalized spacial score (nSPS) is 13.2. The highest BCUT2D eigenvalue weighted by molar-refractivity contribution is 7.90. The van der Waals surface area contributed by atoms with E-state index in [4.69, 9.17) is 38.3 Å². The van der Waals surface area contributed by atoms with Gasteiger partial charge in [-0.3, -0.25) is 9.69 Å².